The minimum Gasteiger partial charge on any atom is -0.265 e. The number of benzene rings is 2. The SMILES string of the molecule is Cc1ccc(Cc2ccncc2)cc1.c1cc(Cc2ccc(Cc3ccncc3)cc2)ccn1. The van der Waals surface area contributed by atoms with E-state index in [1.54, 1.807) is 0 Å². The fraction of sp³-hybridized carbons (Fsp3) is 0.129. The Morgan fingerprint density at radius 1 is 0.353 bits per heavy atom. The van der Waals surface area contributed by atoms with Crippen molar-refractivity contribution in [2.75, 3.05) is 0 Å². The molecule has 0 atom stereocenters. The molecule has 3 heterocycles. The fourth-order valence-corrected chi connectivity index (χ4v) is 3.69. The largest absolute Gasteiger partial charge is 0.265 e. The van der Waals surface area contributed by atoms with Crippen LogP contribution in [0.25, 0.3) is 0 Å². The second kappa shape index (κ2) is 12.2. The number of hydrogen-bond donors (Lipinski definition) is 0. The summed E-state index contributed by atoms with van der Waals surface area (Å²) in [6.45, 7) is 2.11. The molecule has 0 aliphatic rings. The third-order valence-corrected chi connectivity index (χ3v) is 5.62. The van der Waals surface area contributed by atoms with Crippen molar-refractivity contribution in [2.24, 2.45) is 0 Å². The lowest BCUT2D eigenvalue weighted by Gasteiger charge is -2.05. The van der Waals surface area contributed by atoms with Gasteiger partial charge in [-0.3, -0.25) is 15.0 Å². The van der Waals surface area contributed by atoms with E-state index in [1.165, 1.54) is 38.9 Å². The zero-order chi connectivity index (χ0) is 23.4. The quantitative estimate of drug-likeness (QED) is 0.295. The van der Waals surface area contributed by atoms with Crippen LogP contribution in [0.15, 0.2) is 122 Å². The number of pyridine rings is 3. The van der Waals surface area contributed by atoms with Crippen LogP contribution in [0.2, 0.25) is 0 Å². The molecule has 2 aromatic carbocycles. The summed E-state index contributed by atoms with van der Waals surface area (Å²) < 4.78 is 0. The van der Waals surface area contributed by atoms with E-state index >= 15 is 0 Å². The van der Waals surface area contributed by atoms with Gasteiger partial charge in [0.2, 0.25) is 0 Å². The van der Waals surface area contributed by atoms with E-state index in [0.29, 0.717) is 0 Å². The monoisotopic (exact) mass is 443 g/mol. The second-order valence-electron chi connectivity index (χ2n) is 8.40. The average molecular weight is 444 g/mol. The van der Waals surface area contributed by atoms with Crippen LogP contribution in [0.3, 0.4) is 0 Å². The van der Waals surface area contributed by atoms with E-state index in [-0.39, 0.29) is 0 Å². The predicted octanol–water partition coefficient (Wildman–Crippen LogP) is 6.64. The van der Waals surface area contributed by atoms with E-state index < -0.39 is 0 Å². The lowest BCUT2D eigenvalue weighted by atomic mass is 10.0. The molecular formula is C31H29N3. The van der Waals surface area contributed by atoms with Crippen molar-refractivity contribution < 1.29 is 0 Å². The Bertz CT molecular complexity index is 1170. The summed E-state index contributed by atoms with van der Waals surface area (Å²) >= 11 is 0. The van der Waals surface area contributed by atoms with Crippen LogP contribution in [0.4, 0.5) is 0 Å². The van der Waals surface area contributed by atoms with Crippen molar-refractivity contribution in [3.8, 4) is 0 Å². The van der Waals surface area contributed by atoms with Crippen LogP contribution in [-0.2, 0) is 19.3 Å². The molecule has 0 amide bonds. The third-order valence-electron chi connectivity index (χ3n) is 5.62. The topological polar surface area (TPSA) is 38.7 Å². The van der Waals surface area contributed by atoms with Gasteiger partial charge in [-0.15, -0.1) is 0 Å². The second-order valence-corrected chi connectivity index (χ2v) is 8.40. The Labute approximate surface area is 202 Å². The Balaban J connectivity index is 0.000000172. The lowest BCUT2D eigenvalue weighted by molar-refractivity contribution is 1.13. The first-order chi connectivity index (χ1) is 16.7. The first-order valence-corrected chi connectivity index (χ1v) is 11.5. The van der Waals surface area contributed by atoms with Gasteiger partial charge < -0.3 is 0 Å². The summed E-state index contributed by atoms with van der Waals surface area (Å²) in [4.78, 5) is 12.1. The molecule has 34 heavy (non-hydrogen) atoms. The van der Waals surface area contributed by atoms with Crippen molar-refractivity contribution in [2.45, 2.75) is 26.2 Å². The molecule has 168 valence electrons. The van der Waals surface area contributed by atoms with E-state index in [9.17, 15) is 0 Å². The van der Waals surface area contributed by atoms with Gasteiger partial charge in [0.15, 0.2) is 0 Å². The van der Waals surface area contributed by atoms with Gasteiger partial charge in [0, 0.05) is 37.2 Å². The van der Waals surface area contributed by atoms with Crippen molar-refractivity contribution in [1.82, 2.24) is 15.0 Å². The van der Waals surface area contributed by atoms with Crippen molar-refractivity contribution in [1.29, 1.82) is 0 Å². The van der Waals surface area contributed by atoms with Crippen LogP contribution in [0.1, 0.15) is 38.9 Å². The Morgan fingerprint density at radius 3 is 0.882 bits per heavy atom. The molecule has 0 bridgehead atoms. The molecule has 0 radical (unpaired) electrons. The van der Waals surface area contributed by atoms with Gasteiger partial charge in [-0.2, -0.15) is 0 Å². The lowest BCUT2D eigenvalue weighted by Crippen LogP contribution is -1.91. The number of nitrogens with zero attached hydrogens (tertiary/aromatic N) is 3. The van der Waals surface area contributed by atoms with E-state index in [2.05, 4.69) is 107 Å². The number of aryl methyl sites for hydroxylation is 1. The maximum atomic E-state index is 4.04. The van der Waals surface area contributed by atoms with E-state index in [4.69, 9.17) is 0 Å². The van der Waals surface area contributed by atoms with Crippen LogP contribution in [-0.4, -0.2) is 15.0 Å². The Morgan fingerprint density at radius 2 is 0.588 bits per heavy atom. The van der Waals surface area contributed by atoms with Gasteiger partial charge in [-0.1, -0.05) is 54.1 Å². The molecule has 0 saturated heterocycles. The molecule has 3 aromatic heterocycles. The van der Waals surface area contributed by atoms with Crippen LogP contribution < -0.4 is 0 Å². The van der Waals surface area contributed by atoms with Gasteiger partial charge in [-0.05, 0) is 96.0 Å². The van der Waals surface area contributed by atoms with Crippen molar-refractivity contribution in [3.63, 3.8) is 0 Å². The molecular weight excluding hydrogens is 414 g/mol. The summed E-state index contributed by atoms with van der Waals surface area (Å²) in [6.07, 6.45) is 13.9. The number of hydrogen-bond acceptors (Lipinski definition) is 3. The maximum absolute atomic E-state index is 4.04. The van der Waals surface area contributed by atoms with Crippen molar-refractivity contribution in [3.05, 3.63) is 161 Å². The highest BCUT2D eigenvalue weighted by atomic mass is 14.6. The number of aromatic nitrogens is 3. The summed E-state index contributed by atoms with van der Waals surface area (Å²) in [5.74, 6) is 0. The Hall–Kier alpha value is -4.11. The molecule has 5 rings (SSSR count). The zero-order valence-electron chi connectivity index (χ0n) is 19.5. The highest BCUT2D eigenvalue weighted by molar-refractivity contribution is 5.31. The summed E-state index contributed by atoms with van der Waals surface area (Å²) in [5, 5.41) is 0. The van der Waals surface area contributed by atoms with Crippen LogP contribution >= 0.6 is 0 Å². The van der Waals surface area contributed by atoms with Crippen LogP contribution in [0.5, 0.6) is 0 Å². The highest BCUT2D eigenvalue weighted by Gasteiger charge is 1.99. The minimum absolute atomic E-state index is 0.956. The fourth-order valence-electron chi connectivity index (χ4n) is 3.69. The molecule has 5 aromatic rings. The first kappa shape index (κ1) is 23.1. The Kier molecular flexibility index (Phi) is 8.29. The maximum Gasteiger partial charge on any atom is 0.0270 e. The molecule has 3 nitrogen and oxygen atoms in total. The molecule has 0 unspecified atom stereocenters. The number of rotatable bonds is 6. The smallest absolute Gasteiger partial charge is 0.0270 e. The summed E-state index contributed by atoms with van der Waals surface area (Å²) in [6, 6.07) is 29.8. The summed E-state index contributed by atoms with van der Waals surface area (Å²) in [7, 11) is 0. The zero-order valence-corrected chi connectivity index (χ0v) is 19.5. The molecule has 0 saturated carbocycles. The van der Waals surface area contributed by atoms with E-state index in [1.807, 2.05) is 37.2 Å². The molecule has 0 N–H and O–H groups in total. The van der Waals surface area contributed by atoms with E-state index in [0.717, 1.165) is 19.3 Å². The first-order valence-electron chi connectivity index (χ1n) is 11.5. The summed E-state index contributed by atoms with van der Waals surface area (Å²) in [5.41, 5.74) is 9.21. The van der Waals surface area contributed by atoms with Gasteiger partial charge in [0.05, 0.1) is 0 Å². The minimum atomic E-state index is 0.956. The third kappa shape index (κ3) is 7.49. The molecule has 3 heteroatoms. The molecule has 0 aliphatic carbocycles. The average Bonchev–Trinajstić information content (AvgIpc) is 2.89. The van der Waals surface area contributed by atoms with Gasteiger partial charge in [-0.25, -0.2) is 0 Å². The standard InChI is InChI=1S/C18H16N2.C13H13N/c1-2-16(14-18-7-11-20-12-8-18)4-3-15(1)13-17-5-9-19-10-6-17;1-11-2-4-12(5-3-11)10-13-6-8-14-9-7-13/h1-12H,13-14H2;2-9H,10H2,1H3. The van der Waals surface area contributed by atoms with Crippen molar-refractivity contribution >= 4 is 0 Å². The normalized spacial score (nSPS) is 10.3. The van der Waals surface area contributed by atoms with Crippen LogP contribution in [0, 0.1) is 6.92 Å². The molecule has 0 spiro atoms. The van der Waals surface area contributed by atoms with Gasteiger partial charge in [0.1, 0.15) is 0 Å². The molecule has 0 aliphatic heterocycles. The van der Waals surface area contributed by atoms with Gasteiger partial charge in [0.25, 0.3) is 0 Å². The predicted molar refractivity (Wildman–Crippen MR) is 139 cm³/mol. The highest BCUT2D eigenvalue weighted by Crippen LogP contribution is 2.13. The van der Waals surface area contributed by atoms with Gasteiger partial charge >= 0.3 is 0 Å². The molecule has 0 fully saturated rings.